The number of imide groups is 1. The number of rotatable bonds is 6. The highest BCUT2D eigenvalue weighted by Gasteiger charge is 2.40. The molecule has 0 spiro atoms. The first-order valence-electron chi connectivity index (χ1n) is 10.8. The third kappa shape index (κ3) is 4.28. The largest absolute Gasteiger partial charge is 0.489 e. The van der Waals surface area contributed by atoms with Crippen LogP contribution in [0.4, 0.5) is 0 Å². The van der Waals surface area contributed by atoms with E-state index in [9.17, 15) is 14.4 Å². The molecule has 2 aromatic rings. The summed E-state index contributed by atoms with van der Waals surface area (Å²) in [6.45, 7) is 5.13. The summed E-state index contributed by atoms with van der Waals surface area (Å²) in [5.41, 5.74) is 3.13. The normalized spacial score (nSPS) is 21.6. The lowest BCUT2D eigenvalue weighted by molar-refractivity contribution is -0.136. The predicted octanol–water partition coefficient (Wildman–Crippen LogP) is 2.17. The van der Waals surface area contributed by atoms with Crippen LogP contribution in [0.15, 0.2) is 29.6 Å². The lowest BCUT2D eigenvalue weighted by Crippen LogP contribution is -2.52. The lowest BCUT2D eigenvalue weighted by atomic mass is 10.0. The van der Waals surface area contributed by atoms with Crippen molar-refractivity contribution >= 4 is 29.1 Å². The molecule has 4 heterocycles. The minimum Gasteiger partial charge on any atom is -0.489 e. The van der Waals surface area contributed by atoms with Crippen molar-refractivity contribution in [2.45, 2.75) is 38.6 Å². The van der Waals surface area contributed by atoms with Crippen LogP contribution in [0, 0.1) is 0 Å². The zero-order chi connectivity index (χ0) is 22.1. The number of piperidine rings is 1. The Kier molecular flexibility index (Phi) is 5.95. The van der Waals surface area contributed by atoms with Gasteiger partial charge in [-0.3, -0.25) is 24.6 Å². The van der Waals surface area contributed by atoms with E-state index in [0.29, 0.717) is 24.4 Å². The third-order valence-electron chi connectivity index (χ3n) is 6.18. The number of carbonyl (C=O) groups is 3. The van der Waals surface area contributed by atoms with Crippen LogP contribution in [0.5, 0.6) is 5.75 Å². The number of morpholine rings is 1. The van der Waals surface area contributed by atoms with Gasteiger partial charge >= 0.3 is 0 Å². The van der Waals surface area contributed by atoms with Crippen molar-refractivity contribution in [2.75, 3.05) is 26.3 Å². The van der Waals surface area contributed by atoms with E-state index in [0.717, 1.165) is 49.7 Å². The molecule has 5 rings (SSSR count). The maximum absolute atomic E-state index is 12.8. The number of nitrogens with one attached hydrogen (secondary N) is 1. The first-order valence-corrected chi connectivity index (χ1v) is 11.7. The molecule has 3 aliphatic rings. The third-order valence-corrected chi connectivity index (χ3v) is 7.24. The molecular weight excluding hydrogens is 430 g/mol. The van der Waals surface area contributed by atoms with Crippen LogP contribution < -0.4 is 10.1 Å². The Hall–Kier alpha value is -2.75. The second-order valence-electron chi connectivity index (χ2n) is 8.29. The van der Waals surface area contributed by atoms with Gasteiger partial charge in [-0.2, -0.15) is 0 Å². The number of carbonyl (C=O) groups excluding carboxylic acids is 3. The molecule has 0 radical (unpaired) electrons. The Bertz CT molecular complexity index is 1040. The highest BCUT2D eigenvalue weighted by molar-refractivity contribution is 7.12. The number of fused-ring (bicyclic) bond motifs is 1. The Morgan fingerprint density at radius 1 is 1.16 bits per heavy atom. The molecule has 170 valence electrons. The smallest absolute Gasteiger partial charge is 0.265 e. The highest BCUT2D eigenvalue weighted by Crippen LogP contribution is 2.34. The van der Waals surface area contributed by atoms with Crippen molar-refractivity contribution in [1.29, 1.82) is 0 Å². The van der Waals surface area contributed by atoms with Gasteiger partial charge in [-0.25, -0.2) is 0 Å². The van der Waals surface area contributed by atoms with Crippen molar-refractivity contribution < 1.29 is 25.3 Å². The van der Waals surface area contributed by atoms with Crippen LogP contribution in [0.25, 0.3) is 0 Å². The molecule has 8 nitrogen and oxygen atoms in total. The molecule has 0 aliphatic carbocycles. The second kappa shape index (κ2) is 9.01. The Morgan fingerprint density at radius 2 is 1.94 bits per heavy atom. The van der Waals surface area contributed by atoms with Gasteiger partial charge in [0.25, 0.3) is 5.91 Å². The van der Waals surface area contributed by atoms with E-state index in [-0.39, 0.29) is 25.6 Å². The first-order chi connectivity index (χ1) is 15.6. The molecule has 9 heteroatoms. The van der Waals surface area contributed by atoms with E-state index in [1.165, 1.54) is 16.9 Å². The quantitative estimate of drug-likeness (QED) is 0.669. The summed E-state index contributed by atoms with van der Waals surface area (Å²) < 4.78 is 11.4. The zero-order valence-corrected chi connectivity index (χ0v) is 18.5. The van der Waals surface area contributed by atoms with Gasteiger partial charge in [0, 0.05) is 45.2 Å². The fourth-order valence-corrected chi connectivity index (χ4v) is 5.39. The molecule has 1 aromatic heterocycles. The molecule has 0 unspecified atom stereocenters. The van der Waals surface area contributed by atoms with E-state index >= 15 is 0 Å². The van der Waals surface area contributed by atoms with E-state index in [1.807, 2.05) is 17.5 Å². The lowest BCUT2D eigenvalue weighted by Gasteiger charge is -2.29. The molecule has 0 saturated carbocycles. The van der Waals surface area contributed by atoms with E-state index in [2.05, 4.69) is 22.3 Å². The average molecular weight is 458 g/mol. The van der Waals surface area contributed by atoms with Gasteiger partial charge in [0.15, 0.2) is 0 Å². The molecule has 0 bridgehead atoms. The number of nitrogens with zero attached hydrogens (tertiary/aromatic N) is 2. The molecular formula is C23H27N3O5S. The molecule has 2 saturated heterocycles. The molecule has 2 fully saturated rings. The van der Waals surface area contributed by atoms with Crippen molar-refractivity contribution in [3.63, 3.8) is 0 Å². The topological polar surface area (TPSA) is 88.2 Å². The van der Waals surface area contributed by atoms with Gasteiger partial charge in [0.1, 0.15) is 18.4 Å². The van der Waals surface area contributed by atoms with Crippen molar-refractivity contribution in [2.24, 2.45) is 0 Å². The van der Waals surface area contributed by atoms with Gasteiger partial charge in [-0.05, 0) is 29.5 Å². The van der Waals surface area contributed by atoms with Gasteiger partial charge in [-0.15, -0.1) is 11.3 Å². The van der Waals surface area contributed by atoms with Gasteiger partial charge in [0.2, 0.25) is 11.8 Å². The van der Waals surface area contributed by atoms with Crippen LogP contribution in [0.1, 0.15) is 40.6 Å². The SMILES string of the molecule is O=C1CC[C@H](N2Cc3c(COc4ccc(CN5CCOCC5)cc4)csc3C2=O)C(=O)N1.[HH]. The molecule has 3 amide bonds. The summed E-state index contributed by atoms with van der Waals surface area (Å²) in [5, 5.41) is 4.29. The summed E-state index contributed by atoms with van der Waals surface area (Å²) in [7, 11) is 0. The van der Waals surface area contributed by atoms with Crippen LogP contribution in [0.2, 0.25) is 0 Å². The minimum absolute atomic E-state index is 0. The van der Waals surface area contributed by atoms with E-state index < -0.39 is 6.04 Å². The predicted molar refractivity (Wildman–Crippen MR) is 119 cm³/mol. The zero-order valence-electron chi connectivity index (χ0n) is 17.7. The van der Waals surface area contributed by atoms with E-state index in [1.54, 1.807) is 4.90 Å². The maximum atomic E-state index is 12.8. The van der Waals surface area contributed by atoms with Gasteiger partial charge in [-0.1, -0.05) is 12.1 Å². The molecule has 32 heavy (non-hydrogen) atoms. The maximum Gasteiger partial charge on any atom is 0.265 e. The number of hydrogen-bond acceptors (Lipinski definition) is 7. The summed E-state index contributed by atoms with van der Waals surface area (Å²) in [4.78, 5) is 41.1. The average Bonchev–Trinajstić information content (AvgIpc) is 3.34. The fourth-order valence-electron chi connectivity index (χ4n) is 4.37. The Balaban J connectivity index is 0.00000259. The van der Waals surface area contributed by atoms with E-state index in [4.69, 9.17) is 9.47 Å². The summed E-state index contributed by atoms with van der Waals surface area (Å²) in [6.07, 6.45) is 0.624. The van der Waals surface area contributed by atoms with Crippen molar-refractivity contribution in [1.82, 2.24) is 15.1 Å². The number of hydrogen-bond donors (Lipinski definition) is 1. The number of thiophene rings is 1. The fraction of sp³-hybridized carbons (Fsp3) is 0.435. The molecule has 1 aromatic carbocycles. The van der Waals surface area contributed by atoms with Crippen LogP contribution in [-0.2, 0) is 34.0 Å². The van der Waals surface area contributed by atoms with Crippen LogP contribution >= 0.6 is 11.3 Å². The summed E-state index contributed by atoms with van der Waals surface area (Å²) in [5.74, 6) is -0.0299. The van der Waals surface area contributed by atoms with Gasteiger partial charge < -0.3 is 14.4 Å². The highest BCUT2D eigenvalue weighted by atomic mass is 32.1. The minimum atomic E-state index is -0.590. The first kappa shape index (κ1) is 21.1. The van der Waals surface area contributed by atoms with Crippen LogP contribution in [-0.4, -0.2) is 59.9 Å². The monoisotopic (exact) mass is 457 g/mol. The number of ether oxygens (including phenoxy) is 2. The Morgan fingerprint density at radius 3 is 2.69 bits per heavy atom. The molecule has 3 aliphatic heterocycles. The van der Waals surface area contributed by atoms with Crippen molar-refractivity contribution in [3.8, 4) is 5.75 Å². The Labute approximate surface area is 191 Å². The standard InChI is InChI=1S/C23H25N3O5S.H2/c27-20-6-5-19(22(28)24-20)26-12-18-16(14-32-21(18)23(26)29)13-31-17-3-1-15(2-4-17)11-25-7-9-30-10-8-25;/h1-4,14,19H,5-13H2,(H,24,27,28);1H/t19-;/m0./s1. The van der Waals surface area contributed by atoms with Gasteiger partial charge in [0.05, 0.1) is 18.1 Å². The second-order valence-corrected chi connectivity index (χ2v) is 9.17. The van der Waals surface area contributed by atoms with Crippen molar-refractivity contribution in [3.05, 3.63) is 51.2 Å². The number of benzene rings is 1. The van der Waals surface area contributed by atoms with Crippen LogP contribution in [0.3, 0.4) is 0 Å². The summed E-state index contributed by atoms with van der Waals surface area (Å²) >= 11 is 1.39. The molecule has 1 N–H and O–H groups in total. The summed E-state index contributed by atoms with van der Waals surface area (Å²) in [6, 6.07) is 7.52. The number of amides is 3. The molecule has 1 atom stereocenters.